The number of methoxy groups -OCH3 is 1. The second-order valence-corrected chi connectivity index (χ2v) is 4.11. The molecule has 0 aliphatic heterocycles. The van der Waals surface area contributed by atoms with Crippen molar-refractivity contribution in [3.63, 3.8) is 0 Å². The number of carbonyl (C=O) groups excluding carboxylic acids is 1. The number of rotatable bonds is 5. The maximum absolute atomic E-state index is 13.5. The van der Waals surface area contributed by atoms with Crippen LogP contribution < -0.4 is 9.47 Å². The molecule has 0 bridgehead atoms. The first-order valence-electron chi connectivity index (χ1n) is 5.96. The Morgan fingerprint density at radius 3 is 2.48 bits per heavy atom. The summed E-state index contributed by atoms with van der Waals surface area (Å²) in [4.78, 5) is 11.8. The van der Waals surface area contributed by atoms with Crippen LogP contribution in [-0.4, -0.2) is 19.5 Å². The lowest BCUT2D eigenvalue weighted by molar-refractivity contribution is 0.0917. The standard InChI is InChI=1S/C15H11F3O3/c1-20-13-6-5-9(7-11(13)17)12(19)8-21-14-4-2-3-10(16)15(14)18/h2-7H,8H2,1H3. The van der Waals surface area contributed by atoms with E-state index in [1.54, 1.807) is 0 Å². The lowest BCUT2D eigenvalue weighted by atomic mass is 10.1. The molecule has 0 spiro atoms. The first-order chi connectivity index (χ1) is 10.0. The van der Waals surface area contributed by atoms with E-state index in [1.165, 1.54) is 31.4 Å². The van der Waals surface area contributed by atoms with Crippen molar-refractivity contribution in [2.45, 2.75) is 0 Å². The monoisotopic (exact) mass is 296 g/mol. The minimum atomic E-state index is -1.17. The Balaban J connectivity index is 2.08. The van der Waals surface area contributed by atoms with Gasteiger partial charge in [0.1, 0.15) is 0 Å². The van der Waals surface area contributed by atoms with Crippen LogP contribution in [-0.2, 0) is 0 Å². The first-order valence-corrected chi connectivity index (χ1v) is 5.96. The molecule has 0 saturated heterocycles. The zero-order chi connectivity index (χ0) is 15.4. The van der Waals surface area contributed by atoms with Gasteiger partial charge in [-0.1, -0.05) is 6.07 Å². The molecular weight excluding hydrogens is 285 g/mol. The highest BCUT2D eigenvalue weighted by Crippen LogP contribution is 2.20. The highest BCUT2D eigenvalue weighted by molar-refractivity contribution is 5.97. The summed E-state index contributed by atoms with van der Waals surface area (Å²) in [6, 6.07) is 7.03. The third kappa shape index (κ3) is 3.34. The second kappa shape index (κ2) is 6.30. The molecule has 0 N–H and O–H groups in total. The largest absolute Gasteiger partial charge is 0.494 e. The summed E-state index contributed by atoms with van der Waals surface area (Å²) in [5.41, 5.74) is 0.0464. The predicted octanol–water partition coefficient (Wildman–Crippen LogP) is 3.37. The van der Waals surface area contributed by atoms with Crippen LogP contribution in [0.15, 0.2) is 36.4 Å². The number of ether oxygens (including phenoxy) is 2. The van der Waals surface area contributed by atoms with Crippen molar-refractivity contribution in [2.24, 2.45) is 0 Å². The van der Waals surface area contributed by atoms with Gasteiger partial charge in [0.15, 0.2) is 35.5 Å². The van der Waals surface area contributed by atoms with Crippen molar-refractivity contribution in [1.29, 1.82) is 0 Å². The molecule has 0 heterocycles. The van der Waals surface area contributed by atoms with Gasteiger partial charge in [0, 0.05) is 5.56 Å². The Bertz CT molecular complexity index is 671. The number of Topliss-reactive ketones (excluding diaryl/α,β-unsaturated/α-hetero) is 1. The van der Waals surface area contributed by atoms with Crippen molar-refractivity contribution in [2.75, 3.05) is 13.7 Å². The number of carbonyl (C=O) groups is 1. The molecule has 2 aromatic rings. The molecular formula is C15H11F3O3. The molecule has 0 aliphatic rings. The van der Waals surface area contributed by atoms with Crippen LogP contribution in [0.5, 0.6) is 11.5 Å². The average molecular weight is 296 g/mol. The number of halogens is 3. The van der Waals surface area contributed by atoms with E-state index in [-0.39, 0.29) is 17.1 Å². The highest BCUT2D eigenvalue weighted by Gasteiger charge is 2.13. The van der Waals surface area contributed by atoms with Crippen LogP contribution in [0.2, 0.25) is 0 Å². The minimum Gasteiger partial charge on any atom is -0.494 e. The molecule has 21 heavy (non-hydrogen) atoms. The lowest BCUT2D eigenvalue weighted by Gasteiger charge is -2.08. The smallest absolute Gasteiger partial charge is 0.200 e. The third-order valence-corrected chi connectivity index (χ3v) is 2.75. The maximum Gasteiger partial charge on any atom is 0.200 e. The molecule has 0 unspecified atom stereocenters. The Kier molecular flexibility index (Phi) is 4.47. The molecule has 0 saturated carbocycles. The Morgan fingerprint density at radius 2 is 1.81 bits per heavy atom. The molecule has 2 aromatic carbocycles. The summed E-state index contributed by atoms with van der Waals surface area (Å²) in [7, 11) is 1.30. The van der Waals surface area contributed by atoms with Gasteiger partial charge in [0.2, 0.25) is 5.82 Å². The lowest BCUT2D eigenvalue weighted by Crippen LogP contribution is -2.13. The number of hydrogen-bond donors (Lipinski definition) is 0. The fourth-order valence-electron chi connectivity index (χ4n) is 1.66. The van der Waals surface area contributed by atoms with E-state index in [0.717, 1.165) is 12.1 Å². The van der Waals surface area contributed by atoms with Crippen LogP contribution in [0.1, 0.15) is 10.4 Å². The van der Waals surface area contributed by atoms with Gasteiger partial charge in [-0.2, -0.15) is 4.39 Å². The molecule has 2 rings (SSSR count). The number of ketones is 1. The molecule has 0 amide bonds. The normalized spacial score (nSPS) is 10.3. The predicted molar refractivity (Wildman–Crippen MR) is 69.1 cm³/mol. The topological polar surface area (TPSA) is 35.5 Å². The van der Waals surface area contributed by atoms with Crippen molar-refractivity contribution >= 4 is 5.78 Å². The van der Waals surface area contributed by atoms with E-state index in [0.29, 0.717) is 0 Å². The van der Waals surface area contributed by atoms with Crippen molar-refractivity contribution < 1.29 is 27.4 Å². The van der Waals surface area contributed by atoms with Gasteiger partial charge < -0.3 is 9.47 Å². The van der Waals surface area contributed by atoms with E-state index < -0.39 is 29.8 Å². The molecule has 3 nitrogen and oxygen atoms in total. The van der Waals surface area contributed by atoms with Crippen molar-refractivity contribution in [3.8, 4) is 11.5 Å². The minimum absolute atomic E-state index is 0.00337. The molecule has 0 radical (unpaired) electrons. The van der Waals surface area contributed by atoms with E-state index in [2.05, 4.69) is 0 Å². The highest BCUT2D eigenvalue weighted by atomic mass is 19.2. The second-order valence-electron chi connectivity index (χ2n) is 4.11. The first kappa shape index (κ1) is 14.9. The molecule has 0 fully saturated rings. The van der Waals surface area contributed by atoms with Gasteiger partial charge in [0.25, 0.3) is 0 Å². The summed E-state index contributed by atoms with van der Waals surface area (Å²) >= 11 is 0. The Hall–Kier alpha value is -2.50. The molecule has 110 valence electrons. The molecule has 0 aliphatic carbocycles. The molecule has 6 heteroatoms. The van der Waals surface area contributed by atoms with Gasteiger partial charge in [0.05, 0.1) is 7.11 Å². The number of benzene rings is 2. The fraction of sp³-hybridized carbons (Fsp3) is 0.133. The molecule has 0 atom stereocenters. The zero-order valence-electron chi connectivity index (χ0n) is 11.0. The van der Waals surface area contributed by atoms with Crippen molar-refractivity contribution in [3.05, 3.63) is 59.4 Å². The van der Waals surface area contributed by atoms with Crippen LogP contribution in [0, 0.1) is 17.5 Å². The van der Waals surface area contributed by atoms with Crippen LogP contribution in [0.4, 0.5) is 13.2 Å². The van der Waals surface area contributed by atoms with Gasteiger partial charge in [-0.3, -0.25) is 4.79 Å². The van der Waals surface area contributed by atoms with Crippen LogP contribution >= 0.6 is 0 Å². The van der Waals surface area contributed by atoms with Crippen molar-refractivity contribution in [1.82, 2.24) is 0 Å². The average Bonchev–Trinajstić information content (AvgIpc) is 2.48. The summed E-state index contributed by atoms with van der Waals surface area (Å²) in [5, 5.41) is 0. The van der Waals surface area contributed by atoms with E-state index in [4.69, 9.17) is 9.47 Å². The molecule has 0 aromatic heterocycles. The third-order valence-electron chi connectivity index (χ3n) is 2.75. The zero-order valence-corrected chi connectivity index (χ0v) is 11.0. The van der Waals surface area contributed by atoms with E-state index >= 15 is 0 Å². The summed E-state index contributed by atoms with van der Waals surface area (Å²) < 4.78 is 49.4. The van der Waals surface area contributed by atoms with Crippen LogP contribution in [0.3, 0.4) is 0 Å². The van der Waals surface area contributed by atoms with E-state index in [9.17, 15) is 18.0 Å². The summed E-state index contributed by atoms with van der Waals surface area (Å²) in [5.74, 6) is -3.89. The van der Waals surface area contributed by atoms with Gasteiger partial charge in [-0.15, -0.1) is 0 Å². The quantitative estimate of drug-likeness (QED) is 0.794. The summed E-state index contributed by atoms with van der Waals surface area (Å²) in [6.07, 6.45) is 0. The van der Waals surface area contributed by atoms with Crippen LogP contribution in [0.25, 0.3) is 0 Å². The van der Waals surface area contributed by atoms with Gasteiger partial charge in [-0.25, -0.2) is 8.78 Å². The van der Waals surface area contributed by atoms with Gasteiger partial charge >= 0.3 is 0 Å². The van der Waals surface area contributed by atoms with E-state index in [1.807, 2.05) is 0 Å². The SMILES string of the molecule is COc1ccc(C(=O)COc2cccc(F)c2F)cc1F. The number of hydrogen-bond acceptors (Lipinski definition) is 3. The Labute approximate surface area is 118 Å². The Morgan fingerprint density at radius 1 is 1.05 bits per heavy atom. The van der Waals surface area contributed by atoms with Gasteiger partial charge in [-0.05, 0) is 30.3 Å². The summed E-state index contributed by atoms with van der Waals surface area (Å²) in [6.45, 7) is -0.536. The fourth-order valence-corrected chi connectivity index (χ4v) is 1.66. The maximum atomic E-state index is 13.5.